The topological polar surface area (TPSA) is 66.5 Å². The lowest BCUT2D eigenvalue weighted by Crippen LogP contribution is -2.47. The van der Waals surface area contributed by atoms with E-state index in [4.69, 9.17) is 23.2 Å². The maximum atomic E-state index is 12.9. The van der Waals surface area contributed by atoms with E-state index in [0.29, 0.717) is 31.8 Å². The number of hydrogen-bond donors (Lipinski definition) is 1. The molecular weight excluding hydrogens is 407 g/mol. The van der Waals surface area contributed by atoms with E-state index >= 15 is 0 Å². The van der Waals surface area contributed by atoms with Crippen molar-refractivity contribution in [2.24, 2.45) is 11.8 Å². The van der Waals surface area contributed by atoms with Crippen molar-refractivity contribution < 1.29 is 13.2 Å². The van der Waals surface area contributed by atoms with Crippen molar-refractivity contribution >= 4 is 39.1 Å². The molecule has 1 amide bonds. The van der Waals surface area contributed by atoms with E-state index in [1.54, 1.807) is 6.07 Å². The van der Waals surface area contributed by atoms with Gasteiger partial charge in [-0.3, -0.25) is 4.79 Å². The van der Waals surface area contributed by atoms with Gasteiger partial charge in [0.1, 0.15) is 4.90 Å². The first kappa shape index (κ1) is 20.9. The molecule has 8 heteroatoms. The van der Waals surface area contributed by atoms with Crippen molar-refractivity contribution in [3.8, 4) is 0 Å². The molecule has 2 fully saturated rings. The first-order chi connectivity index (χ1) is 12.8. The lowest BCUT2D eigenvalue weighted by atomic mass is 9.85. The van der Waals surface area contributed by atoms with Gasteiger partial charge >= 0.3 is 0 Å². The van der Waals surface area contributed by atoms with Gasteiger partial charge in [0.05, 0.1) is 10.0 Å². The van der Waals surface area contributed by atoms with Gasteiger partial charge in [-0.1, -0.05) is 49.0 Å². The summed E-state index contributed by atoms with van der Waals surface area (Å²) in [7, 11) is -3.77. The van der Waals surface area contributed by atoms with Gasteiger partial charge in [0.15, 0.2) is 0 Å². The van der Waals surface area contributed by atoms with Crippen LogP contribution in [0.5, 0.6) is 0 Å². The van der Waals surface area contributed by atoms with E-state index in [-0.39, 0.29) is 32.8 Å². The first-order valence-electron chi connectivity index (χ1n) is 9.55. The molecule has 1 saturated carbocycles. The minimum atomic E-state index is -3.77. The van der Waals surface area contributed by atoms with E-state index in [1.165, 1.54) is 22.9 Å². The van der Waals surface area contributed by atoms with Crippen LogP contribution in [0.1, 0.15) is 45.4 Å². The maximum absolute atomic E-state index is 12.9. The predicted octanol–water partition coefficient (Wildman–Crippen LogP) is 4.09. The Kier molecular flexibility index (Phi) is 6.72. The molecule has 27 heavy (non-hydrogen) atoms. The first-order valence-corrected chi connectivity index (χ1v) is 11.7. The van der Waals surface area contributed by atoms with E-state index in [9.17, 15) is 13.2 Å². The van der Waals surface area contributed by atoms with Gasteiger partial charge in [-0.2, -0.15) is 4.31 Å². The van der Waals surface area contributed by atoms with E-state index in [2.05, 4.69) is 12.2 Å². The average molecular weight is 433 g/mol. The maximum Gasteiger partial charge on any atom is 0.246 e. The smallest absolute Gasteiger partial charge is 0.246 e. The quantitative estimate of drug-likeness (QED) is 0.778. The van der Waals surface area contributed by atoms with Crippen molar-refractivity contribution in [3.63, 3.8) is 0 Å². The van der Waals surface area contributed by atoms with Crippen molar-refractivity contribution in [2.45, 2.75) is 56.4 Å². The Bertz CT molecular complexity index is 772. The highest BCUT2D eigenvalue weighted by Crippen LogP contribution is 2.33. The Balaban J connectivity index is 1.62. The molecule has 0 radical (unpaired) electrons. The molecule has 2 atom stereocenters. The summed E-state index contributed by atoms with van der Waals surface area (Å²) in [6, 6.07) is 4.90. The van der Waals surface area contributed by atoms with Crippen molar-refractivity contribution in [1.29, 1.82) is 0 Å². The molecule has 0 bridgehead atoms. The fourth-order valence-corrected chi connectivity index (χ4v) is 6.61. The second-order valence-corrected chi connectivity index (χ2v) is 10.3. The summed E-state index contributed by atoms with van der Waals surface area (Å²) in [5.74, 6) is 0.416. The van der Waals surface area contributed by atoms with Gasteiger partial charge in [0.2, 0.25) is 15.9 Å². The Labute approximate surface area is 171 Å². The Morgan fingerprint density at radius 1 is 1.07 bits per heavy atom. The van der Waals surface area contributed by atoms with Crippen LogP contribution in [0.3, 0.4) is 0 Å². The molecule has 1 saturated heterocycles. The monoisotopic (exact) mass is 432 g/mol. The molecule has 1 N–H and O–H groups in total. The third kappa shape index (κ3) is 4.61. The molecular formula is C19H26Cl2N2O3S. The SMILES string of the molecule is CC1CCCCC1NC(=O)C1CCN(S(=O)(=O)c2c(Cl)cccc2Cl)CC1. The fraction of sp³-hybridized carbons (Fsp3) is 0.632. The minimum Gasteiger partial charge on any atom is -0.353 e. The van der Waals surface area contributed by atoms with Crippen molar-refractivity contribution in [2.75, 3.05) is 13.1 Å². The predicted molar refractivity (Wildman–Crippen MR) is 108 cm³/mol. The Hall–Kier alpha value is -0.820. The summed E-state index contributed by atoms with van der Waals surface area (Å²) in [6.45, 7) is 2.77. The summed E-state index contributed by atoms with van der Waals surface area (Å²) < 4.78 is 27.2. The number of carbonyl (C=O) groups excluding carboxylic acids is 1. The van der Waals surface area contributed by atoms with Crippen LogP contribution in [0, 0.1) is 11.8 Å². The molecule has 2 unspecified atom stereocenters. The highest BCUT2D eigenvalue weighted by atomic mass is 35.5. The highest BCUT2D eigenvalue weighted by Gasteiger charge is 2.35. The summed E-state index contributed by atoms with van der Waals surface area (Å²) in [4.78, 5) is 12.6. The lowest BCUT2D eigenvalue weighted by molar-refractivity contribution is -0.127. The van der Waals surface area contributed by atoms with Gasteiger partial charge in [-0.15, -0.1) is 0 Å². The number of amides is 1. The van der Waals surface area contributed by atoms with Crippen LogP contribution >= 0.6 is 23.2 Å². The summed E-state index contributed by atoms with van der Waals surface area (Å²) >= 11 is 12.2. The summed E-state index contributed by atoms with van der Waals surface area (Å²) in [5.41, 5.74) is 0. The number of rotatable bonds is 4. The standard InChI is InChI=1S/C19H26Cl2N2O3S/c1-13-5-2-3-8-17(13)22-19(24)14-9-11-23(12-10-14)27(25,26)18-15(20)6-4-7-16(18)21/h4,6-7,13-14,17H,2-3,5,8-12H2,1H3,(H,22,24). The van der Waals surface area contributed by atoms with Crippen LogP contribution in [-0.2, 0) is 14.8 Å². The zero-order valence-electron chi connectivity index (χ0n) is 15.5. The molecule has 3 rings (SSSR count). The zero-order chi connectivity index (χ0) is 19.6. The van der Waals surface area contributed by atoms with E-state index < -0.39 is 10.0 Å². The Morgan fingerprint density at radius 3 is 2.26 bits per heavy atom. The second kappa shape index (κ2) is 8.68. The molecule has 5 nitrogen and oxygen atoms in total. The summed E-state index contributed by atoms with van der Waals surface area (Å²) in [6.07, 6.45) is 5.59. The Morgan fingerprint density at radius 2 is 1.67 bits per heavy atom. The van der Waals surface area contributed by atoms with Gasteiger partial charge in [-0.25, -0.2) is 8.42 Å². The lowest BCUT2D eigenvalue weighted by Gasteiger charge is -2.34. The van der Waals surface area contributed by atoms with Gasteiger partial charge in [-0.05, 0) is 43.7 Å². The van der Waals surface area contributed by atoms with Crippen molar-refractivity contribution in [3.05, 3.63) is 28.2 Å². The average Bonchev–Trinajstić information content (AvgIpc) is 2.63. The summed E-state index contributed by atoms with van der Waals surface area (Å²) in [5, 5.41) is 3.43. The fourth-order valence-electron chi connectivity index (χ4n) is 4.05. The highest BCUT2D eigenvalue weighted by molar-refractivity contribution is 7.89. The van der Waals surface area contributed by atoms with Gasteiger partial charge in [0, 0.05) is 25.0 Å². The van der Waals surface area contributed by atoms with Crippen LogP contribution < -0.4 is 5.32 Å². The number of nitrogens with zero attached hydrogens (tertiary/aromatic N) is 1. The third-order valence-corrected chi connectivity index (χ3v) is 8.64. The number of nitrogens with one attached hydrogen (secondary N) is 1. The van der Waals surface area contributed by atoms with E-state index in [1.807, 2.05) is 0 Å². The van der Waals surface area contributed by atoms with Crippen molar-refractivity contribution in [1.82, 2.24) is 9.62 Å². The van der Waals surface area contributed by atoms with Crippen LogP contribution in [0.15, 0.2) is 23.1 Å². The van der Waals surface area contributed by atoms with Gasteiger partial charge < -0.3 is 5.32 Å². The largest absolute Gasteiger partial charge is 0.353 e. The number of benzene rings is 1. The third-order valence-electron chi connectivity index (χ3n) is 5.78. The molecule has 1 aliphatic carbocycles. The number of piperidine rings is 1. The second-order valence-electron chi connectivity index (χ2n) is 7.61. The molecule has 1 aliphatic heterocycles. The van der Waals surface area contributed by atoms with E-state index in [0.717, 1.165) is 19.3 Å². The molecule has 0 aromatic heterocycles. The number of carbonyl (C=O) groups is 1. The molecule has 1 aromatic carbocycles. The van der Waals surface area contributed by atoms with Crippen LogP contribution in [0.2, 0.25) is 10.0 Å². The zero-order valence-corrected chi connectivity index (χ0v) is 17.8. The molecule has 2 aliphatic rings. The molecule has 1 aromatic rings. The molecule has 1 heterocycles. The minimum absolute atomic E-state index is 0.0488. The van der Waals surface area contributed by atoms with Crippen LogP contribution in [0.4, 0.5) is 0 Å². The van der Waals surface area contributed by atoms with Crippen LogP contribution in [0.25, 0.3) is 0 Å². The van der Waals surface area contributed by atoms with Crippen LogP contribution in [-0.4, -0.2) is 37.8 Å². The normalized spacial score (nSPS) is 25.3. The number of sulfonamides is 1. The number of hydrogen-bond acceptors (Lipinski definition) is 3. The molecule has 150 valence electrons. The molecule has 0 spiro atoms. The van der Waals surface area contributed by atoms with Gasteiger partial charge in [0.25, 0.3) is 0 Å². The number of halogens is 2.